The minimum absolute atomic E-state index is 0.535. The van der Waals surface area contributed by atoms with Crippen LogP contribution in [0.1, 0.15) is 38.4 Å². The summed E-state index contributed by atoms with van der Waals surface area (Å²) >= 11 is 1.98. The van der Waals surface area contributed by atoms with Crippen LogP contribution in [0.5, 0.6) is 0 Å². The lowest BCUT2D eigenvalue weighted by molar-refractivity contribution is 0.105. The van der Waals surface area contributed by atoms with Crippen LogP contribution >= 0.6 is 11.8 Å². The summed E-state index contributed by atoms with van der Waals surface area (Å²) in [6.45, 7) is 4.99. The lowest BCUT2D eigenvalue weighted by Crippen LogP contribution is -2.42. The normalized spacial score (nSPS) is 21.6. The maximum absolute atomic E-state index is 5.58. The van der Waals surface area contributed by atoms with Crippen molar-refractivity contribution < 1.29 is 9.15 Å². The first kappa shape index (κ1) is 18.2. The first-order chi connectivity index (χ1) is 11.3. The molecule has 1 aliphatic carbocycles. The molecule has 0 radical (unpaired) electrons. The summed E-state index contributed by atoms with van der Waals surface area (Å²) in [6.07, 6.45) is 8.56. The van der Waals surface area contributed by atoms with Gasteiger partial charge in [0.05, 0.1) is 6.26 Å². The number of ether oxygens (including phenoxy) is 1. The number of rotatable bonds is 9. The first-order valence-corrected chi connectivity index (χ1v) is 9.78. The number of aliphatic imine (C=N–C) groups is 1. The molecule has 23 heavy (non-hydrogen) atoms. The van der Waals surface area contributed by atoms with Crippen LogP contribution in [0, 0.1) is 0 Å². The molecule has 0 bridgehead atoms. The van der Waals surface area contributed by atoms with Gasteiger partial charge in [-0.3, -0.25) is 4.99 Å². The maximum Gasteiger partial charge on any atom is 0.191 e. The van der Waals surface area contributed by atoms with E-state index < -0.39 is 0 Å². The second kappa shape index (κ2) is 10.6. The standard InChI is InChI=1S/C17H29N3O2S/c1-3-18-17(20-14-7-8-16(12-14)23-2)19-9-5-10-21-13-15-6-4-11-22-15/h4,6,11,14,16H,3,5,7-10,12-13H2,1-2H3,(H2,18,19,20). The monoisotopic (exact) mass is 339 g/mol. The molecule has 2 N–H and O–H groups in total. The van der Waals surface area contributed by atoms with E-state index in [2.05, 4.69) is 28.8 Å². The Bertz CT molecular complexity index is 451. The van der Waals surface area contributed by atoms with Gasteiger partial charge in [-0.05, 0) is 51.0 Å². The van der Waals surface area contributed by atoms with Crippen molar-refractivity contribution in [1.29, 1.82) is 0 Å². The van der Waals surface area contributed by atoms with Gasteiger partial charge in [-0.15, -0.1) is 0 Å². The molecule has 0 saturated heterocycles. The van der Waals surface area contributed by atoms with Crippen molar-refractivity contribution in [2.75, 3.05) is 26.0 Å². The van der Waals surface area contributed by atoms with Crippen molar-refractivity contribution in [2.24, 2.45) is 4.99 Å². The Morgan fingerprint density at radius 2 is 2.39 bits per heavy atom. The van der Waals surface area contributed by atoms with Gasteiger partial charge in [-0.1, -0.05) is 0 Å². The number of thioether (sulfide) groups is 1. The molecule has 0 aliphatic heterocycles. The lowest BCUT2D eigenvalue weighted by atomic mass is 10.2. The number of hydrogen-bond donors (Lipinski definition) is 2. The highest BCUT2D eigenvalue weighted by Crippen LogP contribution is 2.27. The van der Waals surface area contributed by atoms with Gasteiger partial charge in [0.1, 0.15) is 12.4 Å². The van der Waals surface area contributed by atoms with Crippen LogP contribution in [-0.2, 0) is 11.3 Å². The van der Waals surface area contributed by atoms with E-state index in [-0.39, 0.29) is 0 Å². The van der Waals surface area contributed by atoms with Crippen molar-refractivity contribution in [2.45, 2.75) is 50.5 Å². The third kappa shape index (κ3) is 6.87. The van der Waals surface area contributed by atoms with Crippen molar-refractivity contribution in [3.8, 4) is 0 Å². The van der Waals surface area contributed by atoms with Crippen LogP contribution < -0.4 is 10.6 Å². The van der Waals surface area contributed by atoms with Gasteiger partial charge in [0.15, 0.2) is 5.96 Å². The fraction of sp³-hybridized carbons (Fsp3) is 0.706. The van der Waals surface area contributed by atoms with Crippen LogP contribution in [0.3, 0.4) is 0 Å². The molecule has 2 rings (SSSR count). The zero-order valence-corrected chi connectivity index (χ0v) is 15.0. The van der Waals surface area contributed by atoms with Crippen LogP contribution in [0.25, 0.3) is 0 Å². The molecule has 0 spiro atoms. The number of furan rings is 1. The Morgan fingerprint density at radius 3 is 3.09 bits per heavy atom. The number of hydrogen-bond acceptors (Lipinski definition) is 4. The van der Waals surface area contributed by atoms with Gasteiger partial charge in [0, 0.05) is 31.0 Å². The van der Waals surface area contributed by atoms with E-state index in [0.29, 0.717) is 19.3 Å². The zero-order valence-electron chi connectivity index (χ0n) is 14.2. The molecule has 1 saturated carbocycles. The minimum atomic E-state index is 0.535. The fourth-order valence-corrected chi connectivity index (χ4v) is 3.52. The topological polar surface area (TPSA) is 58.8 Å². The fourth-order valence-electron chi connectivity index (χ4n) is 2.72. The molecule has 2 unspecified atom stereocenters. The highest BCUT2D eigenvalue weighted by molar-refractivity contribution is 7.99. The molecule has 1 heterocycles. The predicted molar refractivity (Wildman–Crippen MR) is 97.0 cm³/mol. The quantitative estimate of drug-likeness (QED) is 0.411. The summed E-state index contributed by atoms with van der Waals surface area (Å²) in [5.41, 5.74) is 0. The Kier molecular flexibility index (Phi) is 8.39. The maximum atomic E-state index is 5.58. The molecule has 5 nitrogen and oxygen atoms in total. The average Bonchev–Trinajstić information content (AvgIpc) is 3.22. The van der Waals surface area contributed by atoms with Crippen molar-refractivity contribution in [3.63, 3.8) is 0 Å². The molecule has 6 heteroatoms. The Hall–Kier alpha value is -1.14. The molecule has 130 valence electrons. The van der Waals surface area contributed by atoms with Crippen molar-refractivity contribution in [1.82, 2.24) is 10.6 Å². The van der Waals surface area contributed by atoms with Crippen LogP contribution in [0.2, 0.25) is 0 Å². The Balaban J connectivity index is 1.63. The van der Waals surface area contributed by atoms with E-state index in [1.807, 2.05) is 23.9 Å². The second-order valence-electron chi connectivity index (χ2n) is 5.76. The summed E-state index contributed by atoms with van der Waals surface area (Å²) in [5.74, 6) is 1.80. The van der Waals surface area contributed by atoms with Crippen molar-refractivity contribution in [3.05, 3.63) is 24.2 Å². The van der Waals surface area contributed by atoms with E-state index in [0.717, 1.165) is 36.5 Å². The number of guanidine groups is 1. The predicted octanol–water partition coefficient (Wildman–Crippen LogP) is 3.03. The third-order valence-electron chi connectivity index (χ3n) is 3.94. The molecule has 1 fully saturated rings. The average molecular weight is 340 g/mol. The zero-order chi connectivity index (χ0) is 16.3. The van der Waals surface area contributed by atoms with E-state index in [4.69, 9.17) is 9.15 Å². The van der Waals surface area contributed by atoms with Crippen LogP contribution in [0.4, 0.5) is 0 Å². The van der Waals surface area contributed by atoms with E-state index in [1.54, 1.807) is 6.26 Å². The van der Waals surface area contributed by atoms with Gasteiger partial charge < -0.3 is 19.8 Å². The smallest absolute Gasteiger partial charge is 0.191 e. The SMILES string of the molecule is CCNC(=NCCCOCc1ccco1)NC1CCC(SC)C1. The molecule has 0 aromatic carbocycles. The molecule has 1 aromatic heterocycles. The highest BCUT2D eigenvalue weighted by atomic mass is 32.2. The highest BCUT2D eigenvalue weighted by Gasteiger charge is 2.24. The second-order valence-corrected chi connectivity index (χ2v) is 6.90. The van der Waals surface area contributed by atoms with E-state index >= 15 is 0 Å². The van der Waals surface area contributed by atoms with Gasteiger partial charge in [-0.25, -0.2) is 0 Å². The van der Waals surface area contributed by atoms with Gasteiger partial charge in [0.2, 0.25) is 0 Å². The third-order valence-corrected chi connectivity index (χ3v) is 5.04. The summed E-state index contributed by atoms with van der Waals surface area (Å²) in [7, 11) is 0. The number of nitrogens with one attached hydrogen (secondary N) is 2. The summed E-state index contributed by atoms with van der Waals surface area (Å²) in [4.78, 5) is 4.65. The van der Waals surface area contributed by atoms with E-state index in [9.17, 15) is 0 Å². The molecular weight excluding hydrogens is 310 g/mol. The van der Waals surface area contributed by atoms with Gasteiger partial charge in [-0.2, -0.15) is 11.8 Å². The van der Waals surface area contributed by atoms with Gasteiger partial charge >= 0.3 is 0 Å². The van der Waals surface area contributed by atoms with E-state index in [1.165, 1.54) is 19.3 Å². The van der Waals surface area contributed by atoms with Gasteiger partial charge in [0.25, 0.3) is 0 Å². The Morgan fingerprint density at radius 1 is 1.48 bits per heavy atom. The molecule has 1 aromatic rings. The van der Waals surface area contributed by atoms with Crippen molar-refractivity contribution >= 4 is 17.7 Å². The molecule has 1 aliphatic rings. The number of nitrogens with zero attached hydrogens (tertiary/aromatic N) is 1. The summed E-state index contributed by atoms with van der Waals surface area (Å²) in [5, 5.41) is 7.69. The Labute approximate surface area is 143 Å². The van der Waals surface area contributed by atoms with Crippen LogP contribution in [0.15, 0.2) is 27.8 Å². The molecule has 0 amide bonds. The molecular formula is C17H29N3O2S. The van der Waals surface area contributed by atoms with Crippen LogP contribution in [-0.4, -0.2) is 43.2 Å². The largest absolute Gasteiger partial charge is 0.467 e. The summed E-state index contributed by atoms with van der Waals surface area (Å²) in [6, 6.07) is 4.36. The minimum Gasteiger partial charge on any atom is -0.467 e. The molecule has 2 atom stereocenters. The first-order valence-electron chi connectivity index (χ1n) is 8.49. The summed E-state index contributed by atoms with van der Waals surface area (Å²) < 4.78 is 10.8. The lowest BCUT2D eigenvalue weighted by Gasteiger charge is -2.17.